The Balaban J connectivity index is 2.73. The van der Waals surface area contributed by atoms with E-state index >= 15 is 0 Å². The molecule has 4 nitrogen and oxygen atoms in total. The Bertz CT molecular complexity index is 384. The van der Waals surface area contributed by atoms with Crippen molar-refractivity contribution in [2.75, 3.05) is 6.61 Å². The highest BCUT2D eigenvalue weighted by Gasteiger charge is 2.11. The summed E-state index contributed by atoms with van der Waals surface area (Å²) in [5.41, 5.74) is 0.591. The average molecular weight is 222 g/mol. The van der Waals surface area contributed by atoms with Crippen molar-refractivity contribution < 1.29 is 19.4 Å². The minimum atomic E-state index is -0.602. The van der Waals surface area contributed by atoms with Gasteiger partial charge in [0.1, 0.15) is 5.75 Å². The third kappa shape index (κ3) is 3.10. The molecule has 0 spiro atoms. The van der Waals surface area contributed by atoms with Gasteiger partial charge in [-0.3, -0.25) is 0 Å². The molecule has 1 aromatic carbocycles. The SMILES string of the molecule is C=C(Oc1ccccc1CO)C(=O)OCC. The van der Waals surface area contributed by atoms with Crippen LogP contribution in [-0.4, -0.2) is 17.7 Å². The van der Waals surface area contributed by atoms with E-state index in [0.717, 1.165) is 0 Å². The molecule has 0 aliphatic heterocycles. The monoisotopic (exact) mass is 222 g/mol. The van der Waals surface area contributed by atoms with Crippen LogP contribution in [0, 0.1) is 0 Å². The number of carbonyl (C=O) groups is 1. The smallest absolute Gasteiger partial charge is 0.373 e. The highest BCUT2D eigenvalue weighted by molar-refractivity contribution is 5.86. The van der Waals surface area contributed by atoms with E-state index in [-0.39, 0.29) is 19.0 Å². The maximum absolute atomic E-state index is 11.2. The van der Waals surface area contributed by atoms with Gasteiger partial charge in [0.15, 0.2) is 0 Å². The molecule has 0 atom stereocenters. The predicted molar refractivity (Wildman–Crippen MR) is 58.8 cm³/mol. The summed E-state index contributed by atoms with van der Waals surface area (Å²) in [6.07, 6.45) is 0. The first-order valence-corrected chi connectivity index (χ1v) is 4.91. The molecule has 0 saturated heterocycles. The van der Waals surface area contributed by atoms with Gasteiger partial charge in [-0.25, -0.2) is 4.79 Å². The fourth-order valence-electron chi connectivity index (χ4n) is 1.12. The summed E-state index contributed by atoms with van der Waals surface area (Å²) in [5, 5.41) is 9.05. The zero-order chi connectivity index (χ0) is 12.0. The molecular formula is C12H14O4. The predicted octanol–water partition coefficient (Wildman–Crippen LogP) is 1.63. The van der Waals surface area contributed by atoms with Crippen LogP contribution in [0.2, 0.25) is 0 Å². The Kier molecular flexibility index (Phi) is 4.54. The lowest BCUT2D eigenvalue weighted by molar-refractivity contribution is -0.140. The molecule has 0 amide bonds. The van der Waals surface area contributed by atoms with Crippen molar-refractivity contribution in [3.63, 3.8) is 0 Å². The van der Waals surface area contributed by atoms with Gasteiger partial charge >= 0.3 is 5.97 Å². The van der Waals surface area contributed by atoms with E-state index in [1.54, 1.807) is 31.2 Å². The number of rotatable bonds is 5. The van der Waals surface area contributed by atoms with Gasteiger partial charge in [0.2, 0.25) is 5.76 Å². The standard InChI is InChI=1S/C12H14O4/c1-3-15-12(14)9(2)16-11-7-5-4-6-10(11)8-13/h4-7,13H,2-3,8H2,1H3. The number of aliphatic hydroxyl groups excluding tert-OH is 1. The van der Waals surface area contributed by atoms with Crippen LogP contribution >= 0.6 is 0 Å². The lowest BCUT2D eigenvalue weighted by Crippen LogP contribution is -2.12. The van der Waals surface area contributed by atoms with Gasteiger partial charge in [0.05, 0.1) is 13.2 Å². The van der Waals surface area contributed by atoms with E-state index in [1.807, 2.05) is 0 Å². The molecule has 1 aromatic rings. The third-order valence-electron chi connectivity index (χ3n) is 1.88. The topological polar surface area (TPSA) is 55.8 Å². The molecule has 0 heterocycles. The quantitative estimate of drug-likeness (QED) is 0.467. The molecule has 1 rings (SSSR count). The van der Waals surface area contributed by atoms with E-state index < -0.39 is 5.97 Å². The Morgan fingerprint density at radius 1 is 1.44 bits per heavy atom. The summed E-state index contributed by atoms with van der Waals surface area (Å²) in [4.78, 5) is 11.2. The average Bonchev–Trinajstić information content (AvgIpc) is 2.30. The number of benzene rings is 1. The maximum Gasteiger partial charge on any atom is 0.373 e. The second-order valence-corrected chi connectivity index (χ2v) is 3.01. The van der Waals surface area contributed by atoms with Gasteiger partial charge in [-0.1, -0.05) is 18.2 Å². The van der Waals surface area contributed by atoms with Crippen molar-refractivity contribution in [1.82, 2.24) is 0 Å². The fourth-order valence-corrected chi connectivity index (χ4v) is 1.12. The second-order valence-electron chi connectivity index (χ2n) is 3.01. The van der Waals surface area contributed by atoms with Crippen molar-refractivity contribution in [3.8, 4) is 5.75 Å². The highest BCUT2D eigenvalue weighted by atomic mass is 16.6. The number of carbonyl (C=O) groups excluding carboxylic acids is 1. The molecule has 0 unspecified atom stereocenters. The number of hydrogen-bond acceptors (Lipinski definition) is 4. The first-order valence-electron chi connectivity index (χ1n) is 4.91. The molecule has 0 radical (unpaired) electrons. The van der Waals surface area contributed by atoms with Gasteiger partial charge < -0.3 is 14.6 Å². The molecule has 0 fully saturated rings. The first-order chi connectivity index (χ1) is 7.69. The third-order valence-corrected chi connectivity index (χ3v) is 1.88. The molecule has 0 aliphatic carbocycles. The molecule has 0 aliphatic rings. The number of ether oxygens (including phenoxy) is 2. The number of hydrogen-bond donors (Lipinski definition) is 1. The van der Waals surface area contributed by atoms with Crippen LogP contribution in [0.3, 0.4) is 0 Å². The summed E-state index contributed by atoms with van der Waals surface area (Å²) in [5.74, 6) is -0.291. The number of esters is 1. The first kappa shape index (κ1) is 12.3. The van der Waals surface area contributed by atoms with Gasteiger partial charge in [-0.2, -0.15) is 0 Å². The largest absolute Gasteiger partial charge is 0.460 e. The molecule has 0 saturated carbocycles. The molecule has 0 bridgehead atoms. The van der Waals surface area contributed by atoms with Gasteiger partial charge in [-0.05, 0) is 19.6 Å². The van der Waals surface area contributed by atoms with Gasteiger partial charge in [-0.15, -0.1) is 0 Å². The summed E-state index contributed by atoms with van der Waals surface area (Å²) < 4.78 is 9.95. The minimum Gasteiger partial charge on any atom is -0.460 e. The van der Waals surface area contributed by atoms with Crippen molar-refractivity contribution >= 4 is 5.97 Å². The molecule has 1 N–H and O–H groups in total. The zero-order valence-electron chi connectivity index (χ0n) is 9.10. The summed E-state index contributed by atoms with van der Waals surface area (Å²) in [7, 11) is 0. The molecular weight excluding hydrogens is 208 g/mol. The van der Waals surface area contributed by atoms with Crippen LogP contribution in [0.1, 0.15) is 12.5 Å². The maximum atomic E-state index is 11.2. The van der Waals surface area contributed by atoms with Crippen LogP contribution in [0.25, 0.3) is 0 Å². The van der Waals surface area contributed by atoms with E-state index in [4.69, 9.17) is 14.6 Å². The lowest BCUT2D eigenvalue weighted by atomic mass is 10.2. The minimum absolute atomic E-state index is 0.0947. The summed E-state index contributed by atoms with van der Waals surface area (Å²) >= 11 is 0. The summed E-state index contributed by atoms with van der Waals surface area (Å²) in [6, 6.07) is 6.86. The fraction of sp³-hybridized carbons (Fsp3) is 0.250. The number of para-hydroxylation sites is 1. The van der Waals surface area contributed by atoms with Crippen LogP contribution < -0.4 is 4.74 Å². The Hall–Kier alpha value is -1.81. The van der Waals surface area contributed by atoms with E-state index in [1.165, 1.54) is 0 Å². The van der Waals surface area contributed by atoms with Crippen molar-refractivity contribution in [1.29, 1.82) is 0 Å². The molecule has 0 aromatic heterocycles. The highest BCUT2D eigenvalue weighted by Crippen LogP contribution is 2.20. The van der Waals surface area contributed by atoms with Gasteiger partial charge in [0, 0.05) is 5.56 Å². The normalized spacial score (nSPS) is 9.62. The van der Waals surface area contributed by atoms with Crippen molar-refractivity contribution in [2.45, 2.75) is 13.5 Å². The van der Waals surface area contributed by atoms with Crippen LogP contribution in [0.15, 0.2) is 36.6 Å². The molecule has 86 valence electrons. The van der Waals surface area contributed by atoms with Crippen molar-refractivity contribution in [2.24, 2.45) is 0 Å². The van der Waals surface area contributed by atoms with E-state index in [9.17, 15) is 4.79 Å². The van der Waals surface area contributed by atoms with Gasteiger partial charge in [0.25, 0.3) is 0 Å². The van der Waals surface area contributed by atoms with Crippen molar-refractivity contribution in [3.05, 3.63) is 42.2 Å². The van der Waals surface area contributed by atoms with Crippen LogP contribution in [0.5, 0.6) is 5.75 Å². The lowest BCUT2D eigenvalue weighted by Gasteiger charge is -2.10. The van der Waals surface area contributed by atoms with Crippen LogP contribution in [0.4, 0.5) is 0 Å². The second kappa shape index (κ2) is 5.92. The summed E-state index contributed by atoms with van der Waals surface area (Å²) in [6.45, 7) is 5.27. The van der Waals surface area contributed by atoms with Crippen LogP contribution in [-0.2, 0) is 16.1 Å². The molecule has 16 heavy (non-hydrogen) atoms. The van der Waals surface area contributed by atoms with E-state index in [2.05, 4.69) is 6.58 Å². The Morgan fingerprint density at radius 3 is 2.75 bits per heavy atom. The number of aliphatic hydroxyl groups is 1. The van der Waals surface area contributed by atoms with E-state index in [0.29, 0.717) is 11.3 Å². The molecule has 4 heteroatoms. The Labute approximate surface area is 94.1 Å². The Morgan fingerprint density at radius 2 is 2.12 bits per heavy atom. The zero-order valence-corrected chi connectivity index (χ0v) is 9.10.